The molecule has 6 heteroatoms. The van der Waals surface area contributed by atoms with Gasteiger partial charge in [0.25, 0.3) is 5.91 Å². The lowest BCUT2D eigenvalue weighted by molar-refractivity contribution is -0.115. The molecule has 2 N–H and O–H groups in total. The van der Waals surface area contributed by atoms with Crippen molar-refractivity contribution < 1.29 is 19.1 Å². The Morgan fingerprint density at radius 1 is 0.889 bits per heavy atom. The zero-order valence-corrected chi connectivity index (χ0v) is 14.5. The highest BCUT2D eigenvalue weighted by molar-refractivity contribution is 6.05. The van der Waals surface area contributed by atoms with Gasteiger partial charge in [0.15, 0.2) is 11.5 Å². The second kappa shape index (κ2) is 7.37. The summed E-state index contributed by atoms with van der Waals surface area (Å²) >= 11 is 0. The van der Waals surface area contributed by atoms with E-state index in [4.69, 9.17) is 9.47 Å². The molecule has 0 saturated heterocycles. The molecule has 1 heterocycles. The Kier molecular flexibility index (Phi) is 4.61. The number of carbonyl (C=O) groups excluding carboxylic acids is 2. The van der Waals surface area contributed by atoms with Crippen LogP contribution in [0.3, 0.4) is 0 Å². The van der Waals surface area contributed by atoms with Crippen molar-refractivity contribution in [2.45, 2.75) is 0 Å². The van der Waals surface area contributed by atoms with Crippen LogP contribution in [0.1, 0.15) is 10.4 Å². The number of hydrogen-bond donors (Lipinski definition) is 2. The maximum Gasteiger partial charge on any atom is 0.255 e. The van der Waals surface area contributed by atoms with Gasteiger partial charge in [0.05, 0.1) is 12.1 Å². The molecule has 2 amide bonds. The topological polar surface area (TPSA) is 76.7 Å². The van der Waals surface area contributed by atoms with Crippen molar-refractivity contribution in [1.29, 1.82) is 0 Å². The third-order valence-electron chi connectivity index (χ3n) is 4.28. The van der Waals surface area contributed by atoms with E-state index in [-0.39, 0.29) is 18.4 Å². The number of para-hydroxylation sites is 1. The minimum atomic E-state index is -0.384. The third-order valence-corrected chi connectivity index (χ3v) is 4.28. The molecule has 1 aliphatic heterocycles. The van der Waals surface area contributed by atoms with Crippen LogP contribution in [0, 0.1) is 0 Å². The Morgan fingerprint density at radius 2 is 1.67 bits per heavy atom. The van der Waals surface area contributed by atoms with Gasteiger partial charge in [0.2, 0.25) is 5.91 Å². The Labute approximate surface area is 156 Å². The molecule has 0 aliphatic carbocycles. The summed E-state index contributed by atoms with van der Waals surface area (Å²) in [7, 11) is 0. The first-order valence-electron chi connectivity index (χ1n) is 8.67. The first kappa shape index (κ1) is 16.9. The van der Waals surface area contributed by atoms with Crippen LogP contribution in [0.2, 0.25) is 0 Å². The highest BCUT2D eigenvalue weighted by Crippen LogP contribution is 2.33. The van der Waals surface area contributed by atoms with Crippen LogP contribution in [0.4, 0.5) is 5.69 Å². The molecule has 0 atom stereocenters. The van der Waals surface area contributed by atoms with Gasteiger partial charge in [-0.05, 0) is 23.6 Å². The highest BCUT2D eigenvalue weighted by atomic mass is 16.6. The van der Waals surface area contributed by atoms with E-state index in [1.165, 1.54) is 0 Å². The molecule has 0 unspecified atom stereocenters. The van der Waals surface area contributed by atoms with Crippen LogP contribution in [-0.2, 0) is 4.79 Å². The molecule has 0 aromatic heterocycles. The SMILES string of the molecule is O=C(CNC(=O)c1cccc2c1OCCO2)Nc1cccc2ccccc12. The fourth-order valence-corrected chi connectivity index (χ4v) is 3.04. The number of amides is 2. The van der Waals surface area contributed by atoms with Gasteiger partial charge in [-0.3, -0.25) is 9.59 Å². The number of hydrogen-bond acceptors (Lipinski definition) is 4. The summed E-state index contributed by atoms with van der Waals surface area (Å²) < 4.78 is 11.0. The van der Waals surface area contributed by atoms with E-state index >= 15 is 0 Å². The first-order valence-corrected chi connectivity index (χ1v) is 8.67. The predicted octanol–water partition coefficient (Wildman–Crippen LogP) is 2.98. The fourth-order valence-electron chi connectivity index (χ4n) is 3.04. The van der Waals surface area contributed by atoms with E-state index in [1.807, 2.05) is 42.5 Å². The van der Waals surface area contributed by atoms with Crippen LogP contribution in [0.15, 0.2) is 60.7 Å². The Hall–Kier alpha value is -3.54. The Bertz CT molecular complexity index is 1010. The third kappa shape index (κ3) is 3.55. The van der Waals surface area contributed by atoms with Crippen molar-refractivity contribution in [3.8, 4) is 11.5 Å². The van der Waals surface area contributed by atoms with Crippen molar-refractivity contribution in [3.05, 3.63) is 66.2 Å². The maximum absolute atomic E-state index is 12.5. The van der Waals surface area contributed by atoms with Crippen LogP contribution in [-0.4, -0.2) is 31.6 Å². The van der Waals surface area contributed by atoms with E-state index in [2.05, 4.69) is 10.6 Å². The fraction of sp³-hybridized carbons (Fsp3) is 0.143. The number of ether oxygens (including phenoxy) is 2. The quantitative estimate of drug-likeness (QED) is 0.748. The zero-order chi connectivity index (χ0) is 18.6. The summed E-state index contributed by atoms with van der Waals surface area (Å²) in [6, 6.07) is 18.6. The molecule has 3 aromatic rings. The van der Waals surface area contributed by atoms with Crippen LogP contribution >= 0.6 is 0 Å². The molecular weight excluding hydrogens is 344 g/mol. The normalized spacial score (nSPS) is 12.4. The first-order chi connectivity index (χ1) is 13.2. The second-order valence-corrected chi connectivity index (χ2v) is 6.09. The smallest absolute Gasteiger partial charge is 0.255 e. The number of carbonyl (C=O) groups is 2. The van der Waals surface area contributed by atoms with Crippen molar-refractivity contribution in [3.63, 3.8) is 0 Å². The van der Waals surface area contributed by atoms with Crippen molar-refractivity contribution in [1.82, 2.24) is 5.32 Å². The molecule has 0 saturated carbocycles. The van der Waals surface area contributed by atoms with Crippen LogP contribution in [0.25, 0.3) is 10.8 Å². The molecular formula is C21H18N2O4. The van der Waals surface area contributed by atoms with Gasteiger partial charge in [0.1, 0.15) is 13.2 Å². The minimum Gasteiger partial charge on any atom is -0.486 e. The molecule has 0 radical (unpaired) electrons. The highest BCUT2D eigenvalue weighted by Gasteiger charge is 2.20. The van der Waals surface area contributed by atoms with Gasteiger partial charge in [-0.15, -0.1) is 0 Å². The van der Waals surface area contributed by atoms with Gasteiger partial charge in [0, 0.05) is 11.1 Å². The Balaban J connectivity index is 1.43. The van der Waals surface area contributed by atoms with Gasteiger partial charge in [-0.2, -0.15) is 0 Å². The summed E-state index contributed by atoms with van der Waals surface area (Å²) in [6.45, 7) is 0.691. The van der Waals surface area contributed by atoms with Crippen molar-refractivity contribution in [2.24, 2.45) is 0 Å². The molecule has 0 fully saturated rings. The molecule has 6 nitrogen and oxygen atoms in total. The largest absolute Gasteiger partial charge is 0.486 e. The monoisotopic (exact) mass is 362 g/mol. The lowest BCUT2D eigenvalue weighted by atomic mass is 10.1. The maximum atomic E-state index is 12.5. The average Bonchev–Trinajstić information content (AvgIpc) is 2.72. The van der Waals surface area contributed by atoms with Crippen molar-refractivity contribution >= 4 is 28.3 Å². The van der Waals surface area contributed by atoms with Gasteiger partial charge in [-0.1, -0.05) is 42.5 Å². The molecule has 1 aliphatic rings. The summed E-state index contributed by atoms with van der Waals surface area (Å²) in [5, 5.41) is 7.46. The summed E-state index contributed by atoms with van der Waals surface area (Å²) in [4.78, 5) is 24.8. The molecule has 136 valence electrons. The summed E-state index contributed by atoms with van der Waals surface area (Å²) in [5.74, 6) is 0.261. The summed E-state index contributed by atoms with van der Waals surface area (Å²) in [6.07, 6.45) is 0. The molecule has 3 aromatic carbocycles. The lowest BCUT2D eigenvalue weighted by Gasteiger charge is -2.20. The van der Waals surface area contributed by atoms with E-state index in [1.54, 1.807) is 18.2 Å². The van der Waals surface area contributed by atoms with E-state index < -0.39 is 0 Å². The van der Waals surface area contributed by atoms with E-state index in [0.717, 1.165) is 10.8 Å². The number of nitrogens with one attached hydrogen (secondary N) is 2. The number of rotatable bonds is 4. The van der Waals surface area contributed by atoms with E-state index in [0.29, 0.717) is 36.0 Å². The van der Waals surface area contributed by atoms with Gasteiger partial charge < -0.3 is 20.1 Å². The minimum absolute atomic E-state index is 0.146. The van der Waals surface area contributed by atoms with Gasteiger partial charge in [-0.25, -0.2) is 0 Å². The predicted molar refractivity (Wildman–Crippen MR) is 102 cm³/mol. The summed E-state index contributed by atoms with van der Waals surface area (Å²) in [5.41, 5.74) is 1.06. The standard InChI is InChI=1S/C21H18N2O4/c24-19(23-17-9-3-6-14-5-1-2-7-15(14)17)13-22-21(25)16-8-4-10-18-20(16)27-12-11-26-18/h1-10H,11-13H2,(H,22,25)(H,23,24). The molecule has 4 rings (SSSR count). The molecule has 0 spiro atoms. The zero-order valence-electron chi connectivity index (χ0n) is 14.5. The van der Waals surface area contributed by atoms with Crippen molar-refractivity contribution in [2.75, 3.05) is 25.1 Å². The molecule has 27 heavy (non-hydrogen) atoms. The van der Waals surface area contributed by atoms with Crippen LogP contribution < -0.4 is 20.1 Å². The number of benzene rings is 3. The average molecular weight is 362 g/mol. The van der Waals surface area contributed by atoms with Crippen LogP contribution in [0.5, 0.6) is 11.5 Å². The number of anilines is 1. The number of fused-ring (bicyclic) bond motifs is 2. The lowest BCUT2D eigenvalue weighted by Crippen LogP contribution is -2.33. The van der Waals surface area contributed by atoms with Gasteiger partial charge >= 0.3 is 0 Å². The Morgan fingerprint density at radius 3 is 2.59 bits per heavy atom. The second-order valence-electron chi connectivity index (χ2n) is 6.09. The molecule has 0 bridgehead atoms. The van der Waals surface area contributed by atoms with E-state index in [9.17, 15) is 9.59 Å².